The highest BCUT2D eigenvalue weighted by atomic mass is 16.5. The van der Waals surface area contributed by atoms with Crippen LogP contribution >= 0.6 is 0 Å². The van der Waals surface area contributed by atoms with Crippen molar-refractivity contribution in [3.8, 4) is 0 Å². The van der Waals surface area contributed by atoms with Gasteiger partial charge in [0.2, 0.25) is 5.91 Å². The van der Waals surface area contributed by atoms with E-state index in [1.165, 1.54) is 12.1 Å². The SMILES string of the molecule is CC(c1c(C(N)=O)ccc(C(N)=O)c1N)N1CCOCC1. The van der Waals surface area contributed by atoms with Gasteiger partial charge in [-0.25, -0.2) is 0 Å². The normalized spacial score (nSPS) is 17.4. The first-order valence-electron chi connectivity index (χ1n) is 6.77. The molecule has 6 N–H and O–H groups in total. The molecule has 1 aromatic carbocycles. The van der Waals surface area contributed by atoms with Gasteiger partial charge < -0.3 is 21.9 Å². The van der Waals surface area contributed by atoms with Crippen molar-refractivity contribution in [1.82, 2.24) is 4.90 Å². The average molecular weight is 292 g/mol. The number of rotatable bonds is 4. The van der Waals surface area contributed by atoms with E-state index in [1.54, 1.807) is 0 Å². The molecule has 21 heavy (non-hydrogen) atoms. The van der Waals surface area contributed by atoms with Gasteiger partial charge in [0.1, 0.15) is 0 Å². The third-order valence-electron chi connectivity index (χ3n) is 3.83. The molecule has 7 heteroatoms. The number of nitrogens with two attached hydrogens (primary N) is 3. The van der Waals surface area contributed by atoms with Crippen LogP contribution in [0.3, 0.4) is 0 Å². The summed E-state index contributed by atoms with van der Waals surface area (Å²) >= 11 is 0. The van der Waals surface area contributed by atoms with Crippen LogP contribution in [0, 0.1) is 0 Å². The fourth-order valence-electron chi connectivity index (χ4n) is 2.66. The summed E-state index contributed by atoms with van der Waals surface area (Å²) in [5.74, 6) is -1.20. The van der Waals surface area contributed by atoms with Crippen molar-refractivity contribution in [2.45, 2.75) is 13.0 Å². The van der Waals surface area contributed by atoms with Crippen molar-refractivity contribution < 1.29 is 14.3 Å². The number of ether oxygens (including phenoxy) is 1. The summed E-state index contributed by atoms with van der Waals surface area (Å²) in [5, 5.41) is 0. The number of hydrogen-bond donors (Lipinski definition) is 3. The average Bonchev–Trinajstić information content (AvgIpc) is 2.46. The van der Waals surface area contributed by atoms with Crippen LogP contribution < -0.4 is 17.2 Å². The predicted octanol–water partition coefficient (Wildman–Crippen LogP) is -0.140. The zero-order valence-electron chi connectivity index (χ0n) is 12.0. The van der Waals surface area contributed by atoms with Crippen LogP contribution in [0.5, 0.6) is 0 Å². The Hall–Kier alpha value is -2.12. The number of nitrogens with zero attached hydrogens (tertiary/aromatic N) is 1. The summed E-state index contributed by atoms with van der Waals surface area (Å²) in [6.45, 7) is 4.60. The minimum absolute atomic E-state index is 0.157. The van der Waals surface area contributed by atoms with E-state index in [9.17, 15) is 9.59 Å². The highest BCUT2D eigenvalue weighted by molar-refractivity contribution is 6.03. The van der Waals surface area contributed by atoms with Crippen molar-refractivity contribution in [2.75, 3.05) is 32.0 Å². The molecule has 1 saturated heterocycles. The molecule has 0 aromatic heterocycles. The Kier molecular flexibility index (Phi) is 4.44. The second-order valence-corrected chi connectivity index (χ2v) is 5.04. The van der Waals surface area contributed by atoms with Crippen LogP contribution in [0.1, 0.15) is 39.2 Å². The smallest absolute Gasteiger partial charge is 0.250 e. The monoisotopic (exact) mass is 292 g/mol. The molecule has 1 heterocycles. The lowest BCUT2D eigenvalue weighted by Crippen LogP contribution is -2.39. The molecule has 7 nitrogen and oxygen atoms in total. The number of anilines is 1. The Morgan fingerprint density at radius 1 is 1.14 bits per heavy atom. The van der Waals surface area contributed by atoms with Gasteiger partial charge in [0.05, 0.1) is 18.8 Å². The van der Waals surface area contributed by atoms with Crippen LogP contribution in [-0.2, 0) is 4.74 Å². The number of benzene rings is 1. The van der Waals surface area contributed by atoms with E-state index in [2.05, 4.69) is 4.90 Å². The Morgan fingerprint density at radius 3 is 2.19 bits per heavy atom. The number of amides is 2. The van der Waals surface area contributed by atoms with E-state index >= 15 is 0 Å². The van der Waals surface area contributed by atoms with E-state index in [1.807, 2.05) is 6.92 Å². The Labute approximate surface area is 123 Å². The van der Waals surface area contributed by atoms with E-state index in [0.717, 1.165) is 13.1 Å². The second kappa shape index (κ2) is 6.11. The summed E-state index contributed by atoms with van der Waals surface area (Å²) in [6.07, 6.45) is 0. The maximum absolute atomic E-state index is 11.6. The first kappa shape index (κ1) is 15.3. The van der Waals surface area contributed by atoms with Gasteiger partial charge in [0.25, 0.3) is 5.91 Å². The van der Waals surface area contributed by atoms with Crippen LogP contribution in [0.2, 0.25) is 0 Å². The zero-order valence-corrected chi connectivity index (χ0v) is 12.0. The molecule has 1 atom stereocenters. The van der Waals surface area contributed by atoms with Crippen LogP contribution in [0.4, 0.5) is 5.69 Å². The second-order valence-electron chi connectivity index (χ2n) is 5.04. The number of carbonyl (C=O) groups excluding carboxylic acids is 2. The van der Waals surface area contributed by atoms with Gasteiger partial charge in [-0.1, -0.05) is 0 Å². The Bertz CT molecular complexity index is 568. The van der Waals surface area contributed by atoms with Crippen molar-refractivity contribution in [3.05, 3.63) is 28.8 Å². The summed E-state index contributed by atoms with van der Waals surface area (Å²) in [5.41, 5.74) is 18.1. The fraction of sp³-hybridized carbons (Fsp3) is 0.429. The lowest BCUT2D eigenvalue weighted by Gasteiger charge is -2.34. The topological polar surface area (TPSA) is 125 Å². The van der Waals surface area contributed by atoms with Crippen LogP contribution in [0.25, 0.3) is 0 Å². The summed E-state index contributed by atoms with van der Waals surface area (Å²) < 4.78 is 5.32. The molecule has 1 unspecified atom stereocenters. The summed E-state index contributed by atoms with van der Waals surface area (Å²) in [4.78, 5) is 25.2. The van der Waals surface area contributed by atoms with Crippen molar-refractivity contribution in [3.63, 3.8) is 0 Å². The van der Waals surface area contributed by atoms with Gasteiger partial charge in [0.15, 0.2) is 0 Å². The van der Waals surface area contributed by atoms with E-state index in [0.29, 0.717) is 24.3 Å². The van der Waals surface area contributed by atoms with E-state index < -0.39 is 11.8 Å². The zero-order chi connectivity index (χ0) is 15.6. The van der Waals surface area contributed by atoms with Crippen molar-refractivity contribution in [2.24, 2.45) is 11.5 Å². The largest absolute Gasteiger partial charge is 0.398 e. The summed E-state index contributed by atoms with van der Waals surface area (Å²) in [7, 11) is 0. The Balaban J connectivity index is 2.49. The molecule has 0 saturated carbocycles. The standard InChI is InChI=1S/C14H20N4O3/c1-8(18-4-6-21-7-5-18)11-9(13(16)19)2-3-10(12(11)15)14(17)20/h2-3,8H,4-7,15H2,1H3,(H2,16,19)(H2,17,20). The van der Waals surface area contributed by atoms with Crippen LogP contribution in [0.15, 0.2) is 12.1 Å². The number of nitrogen functional groups attached to an aromatic ring is 1. The quantitative estimate of drug-likeness (QED) is 0.666. The molecule has 114 valence electrons. The third kappa shape index (κ3) is 2.98. The molecular formula is C14H20N4O3. The van der Waals surface area contributed by atoms with Gasteiger partial charge in [-0.3, -0.25) is 14.5 Å². The maximum atomic E-state index is 11.6. The molecule has 2 amide bonds. The molecular weight excluding hydrogens is 272 g/mol. The number of morpholine rings is 1. The molecule has 0 aliphatic carbocycles. The maximum Gasteiger partial charge on any atom is 0.250 e. The predicted molar refractivity (Wildman–Crippen MR) is 78.7 cm³/mol. The van der Waals surface area contributed by atoms with Gasteiger partial charge in [-0.15, -0.1) is 0 Å². The molecule has 1 aliphatic rings. The minimum Gasteiger partial charge on any atom is -0.398 e. The highest BCUT2D eigenvalue weighted by Gasteiger charge is 2.26. The highest BCUT2D eigenvalue weighted by Crippen LogP contribution is 2.31. The van der Waals surface area contributed by atoms with Gasteiger partial charge in [-0.05, 0) is 19.1 Å². The minimum atomic E-state index is -0.626. The van der Waals surface area contributed by atoms with Gasteiger partial charge >= 0.3 is 0 Å². The number of hydrogen-bond acceptors (Lipinski definition) is 5. The number of carbonyl (C=O) groups is 2. The van der Waals surface area contributed by atoms with Gasteiger partial charge in [0, 0.05) is 35.9 Å². The molecule has 0 spiro atoms. The molecule has 1 fully saturated rings. The molecule has 2 rings (SSSR count). The molecule has 1 aromatic rings. The van der Waals surface area contributed by atoms with E-state index in [4.69, 9.17) is 21.9 Å². The van der Waals surface area contributed by atoms with Crippen molar-refractivity contribution >= 4 is 17.5 Å². The summed E-state index contributed by atoms with van der Waals surface area (Å²) in [6, 6.07) is 2.79. The van der Waals surface area contributed by atoms with Crippen molar-refractivity contribution in [1.29, 1.82) is 0 Å². The van der Waals surface area contributed by atoms with Crippen LogP contribution in [-0.4, -0.2) is 43.0 Å². The molecule has 1 aliphatic heterocycles. The lowest BCUT2D eigenvalue weighted by molar-refractivity contribution is 0.0198. The Morgan fingerprint density at radius 2 is 1.67 bits per heavy atom. The number of primary amides is 2. The van der Waals surface area contributed by atoms with Gasteiger partial charge in [-0.2, -0.15) is 0 Å². The first-order chi connectivity index (χ1) is 9.93. The fourth-order valence-corrected chi connectivity index (χ4v) is 2.66. The first-order valence-corrected chi connectivity index (χ1v) is 6.77. The lowest BCUT2D eigenvalue weighted by atomic mass is 9.94. The molecule has 0 radical (unpaired) electrons. The molecule has 0 bridgehead atoms. The third-order valence-corrected chi connectivity index (χ3v) is 3.83. The van der Waals surface area contributed by atoms with E-state index in [-0.39, 0.29) is 17.3 Å².